The van der Waals surface area contributed by atoms with Crippen molar-refractivity contribution in [3.05, 3.63) is 118 Å². The zero-order valence-electron chi connectivity index (χ0n) is 34.3. The molecule has 0 spiro atoms. The molecule has 56 heavy (non-hydrogen) atoms. The summed E-state index contributed by atoms with van der Waals surface area (Å²) in [6.07, 6.45) is -4.83. The molecule has 0 aromatic carbocycles. The molecular weight excluding hydrogens is 764 g/mol. The van der Waals surface area contributed by atoms with Gasteiger partial charge in [-0.05, 0) is 147 Å². The number of aromatic nitrogens is 4. The number of esters is 1. The van der Waals surface area contributed by atoms with E-state index in [1.165, 1.54) is 18.6 Å². The maximum Gasteiger partial charge on any atom is 1.00 e. The van der Waals surface area contributed by atoms with Crippen molar-refractivity contribution < 1.29 is 110 Å². The molecule has 0 fully saturated rings. The van der Waals surface area contributed by atoms with E-state index in [4.69, 9.17) is 4.74 Å². The normalized spacial score (nSPS) is 11.2. The van der Waals surface area contributed by atoms with Crippen LogP contribution in [0.25, 0.3) is 0 Å². The van der Waals surface area contributed by atoms with Gasteiger partial charge >= 0.3 is 77.4 Å². The third kappa shape index (κ3) is 16.5. The van der Waals surface area contributed by atoms with E-state index < -0.39 is 40.3 Å². The van der Waals surface area contributed by atoms with Crippen LogP contribution < -0.4 is 64.2 Å². The SMILES string of the molecule is CCOC(=O)C(C)(C)c1cc(C)ccn1.Cc1ccnc(C(C)(C(F)(F)F)C(F)(F)F)c1.Cc1ccnc(C(C)(C)C(=O)[O-])c1.Cc1ccnc(C)c1.[Na+].[Na+].[OH-]. The van der Waals surface area contributed by atoms with Crippen LogP contribution in [0.2, 0.25) is 0 Å². The van der Waals surface area contributed by atoms with Gasteiger partial charge in [0.05, 0.1) is 29.7 Å². The molecule has 0 aliphatic rings. The van der Waals surface area contributed by atoms with Crippen LogP contribution in [-0.2, 0) is 30.6 Å². The molecule has 0 amide bonds. The molecule has 4 heterocycles. The molecular formula is C39H48F6N4Na2O5. The Kier molecular flexibility index (Phi) is 24.7. The second kappa shape index (κ2) is 24.1. The standard InChI is InChI=1S/C12H17NO2.C10H9F6N.C10H13NO2.C7H9N.2Na.H2O/c1-5-15-11(14)12(3,4)10-8-9(2)6-7-13-10;1-6-3-4-17-7(5-6)8(2,9(11,12)13)10(14,15)16;1-7-4-5-11-8(6-7)10(2,3)9(12)13;1-6-3-4-8-7(2)5-6;;;/h6-8H,5H2,1-4H3;3-5H,1-2H3;4-6H,1-3H3,(H,12,13);3-5H,1-2H3;;;1H2/q;;;;2*+1;/p-2. The maximum atomic E-state index is 12.7. The van der Waals surface area contributed by atoms with Gasteiger partial charge < -0.3 is 20.1 Å². The van der Waals surface area contributed by atoms with Crippen molar-refractivity contribution >= 4 is 11.9 Å². The molecule has 0 radical (unpaired) electrons. The smallest absolute Gasteiger partial charge is 0.870 e. The summed E-state index contributed by atoms with van der Waals surface area (Å²) in [4.78, 5) is 38.0. The minimum atomic E-state index is -5.45. The van der Waals surface area contributed by atoms with E-state index in [0.29, 0.717) is 12.3 Å². The number of halogens is 6. The van der Waals surface area contributed by atoms with Crippen LogP contribution in [0.1, 0.15) is 86.6 Å². The third-order valence-corrected chi connectivity index (χ3v) is 8.02. The summed E-state index contributed by atoms with van der Waals surface area (Å²) < 4.78 is 81.0. The van der Waals surface area contributed by atoms with E-state index in [0.717, 1.165) is 34.8 Å². The molecule has 0 saturated carbocycles. The first-order valence-electron chi connectivity index (χ1n) is 16.4. The average molecular weight is 813 g/mol. The zero-order valence-corrected chi connectivity index (χ0v) is 38.3. The number of hydrogen-bond acceptors (Lipinski definition) is 9. The molecule has 0 unspecified atom stereocenters. The van der Waals surface area contributed by atoms with E-state index in [2.05, 4.69) is 32.9 Å². The predicted octanol–water partition coefficient (Wildman–Crippen LogP) is 1.95. The Balaban J connectivity index is -0.000000673. The van der Waals surface area contributed by atoms with Crippen molar-refractivity contribution in [1.29, 1.82) is 0 Å². The van der Waals surface area contributed by atoms with Crippen LogP contribution in [0.15, 0.2) is 73.3 Å². The summed E-state index contributed by atoms with van der Waals surface area (Å²) in [5.41, 5.74) is -0.667. The predicted molar refractivity (Wildman–Crippen MR) is 190 cm³/mol. The summed E-state index contributed by atoms with van der Waals surface area (Å²) >= 11 is 0. The van der Waals surface area contributed by atoms with Gasteiger partial charge in [-0.2, -0.15) is 26.3 Å². The molecule has 0 atom stereocenters. The quantitative estimate of drug-likeness (QED) is 0.162. The number of alkyl halides is 6. The van der Waals surface area contributed by atoms with Crippen LogP contribution in [-0.4, -0.2) is 56.3 Å². The number of aliphatic carboxylic acids is 1. The molecule has 0 aliphatic carbocycles. The van der Waals surface area contributed by atoms with Crippen LogP contribution >= 0.6 is 0 Å². The maximum absolute atomic E-state index is 12.7. The molecule has 9 nitrogen and oxygen atoms in total. The first-order chi connectivity index (χ1) is 24.2. The minimum absolute atomic E-state index is 0. The van der Waals surface area contributed by atoms with Crippen molar-refractivity contribution in [3.8, 4) is 0 Å². The van der Waals surface area contributed by atoms with E-state index in [9.17, 15) is 41.0 Å². The van der Waals surface area contributed by atoms with E-state index >= 15 is 0 Å². The monoisotopic (exact) mass is 812 g/mol. The van der Waals surface area contributed by atoms with Gasteiger partial charge in [0.1, 0.15) is 5.41 Å². The first kappa shape index (κ1) is 57.4. The molecule has 0 aliphatic heterocycles. The molecule has 0 saturated heterocycles. The van der Waals surface area contributed by atoms with E-state index in [1.807, 2.05) is 65.1 Å². The van der Waals surface area contributed by atoms with Crippen molar-refractivity contribution in [2.45, 2.75) is 105 Å². The summed E-state index contributed by atoms with van der Waals surface area (Å²) in [5.74, 6) is -1.34. The number of pyridine rings is 4. The fourth-order valence-corrected chi connectivity index (χ4v) is 4.22. The van der Waals surface area contributed by atoms with Gasteiger partial charge in [0, 0.05) is 35.9 Å². The number of carbonyl (C=O) groups excluding carboxylic acids is 2. The average Bonchev–Trinajstić information content (AvgIpc) is 3.04. The fraction of sp³-hybridized carbons (Fsp3) is 0.436. The van der Waals surface area contributed by atoms with Gasteiger partial charge in [-0.25, -0.2) is 0 Å². The van der Waals surface area contributed by atoms with Crippen LogP contribution in [0.5, 0.6) is 0 Å². The van der Waals surface area contributed by atoms with E-state index in [1.54, 1.807) is 39.2 Å². The number of carboxylic acids is 1. The Morgan fingerprint density at radius 3 is 1.20 bits per heavy atom. The number of aryl methyl sites for hydroxylation is 5. The van der Waals surface area contributed by atoms with Crippen LogP contribution in [0.4, 0.5) is 26.3 Å². The molecule has 4 rings (SSSR count). The number of carboxylic acid groups (broad SMARTS) is 1. The molecule has 0 bridgehead atoms. The largest absolute Gasteiger partial charge is 1.00 e. The fourth-order valence-electron chi connectivity index (χ4n) is 4.22. The van der Waals surface area contributed by atoms with Gasteiger partial charge in [-0.3, -0.25) is 24.7 Å². The summed E-state index contributed by atoms with van der Waals surface area (Å²) in [5, 5.41) is 10.8. The Bertz CT molecular complexity index is 1790. The van der Waals surface area contributed by atoms with Gasteiger partial charge in [0.15, 0.2) is 5.41 Å². The number of ether oxygens (including phenoxy) is 1. The molecule has 298 valence electrons. The minimum Gasteiger partial charge on any atom is -0.870 e. The zero-order chi connectivity index (χ0) is 41.0. The molecule has 17 heteroatoms. The second-order valence-corrected chi connectivity index (χ2v) is 13.5. The van der Waals surface area contributed by atoms with Crippen LogP contribution in [0, 0.1) is 34.6 Å². The molecule has 4 aromatic rings. The molecule has 1 N–H and O–H groups in total. The number of nitrogens with zero attached hydrogens (tertiary/aromatic N) is 4. The second-order valence-electron chi connectivity index (χ2n) is 13.5. The third-order valence-electron chi connectivity index (χ3n) is 8.02. The van der Waals surface area contributed by atoms with Crippen molar-refractivity contribution in [2.24, 2.45) is 0 Å². The van der Waals surface area contributed by atoms with Gasteiger partial charge in [-0.15, -0.1) is 0 Å². The van der Waals surface area contributed by atoms with Crippen LogP contribution in [0.3, 0.4) is 0 Å². The Morgan fingerprint density at radius 2 is 0.911 bits per heavy atom. The first-order valence-corrected chi connectivity index (χ1v) is 16.4. The van der Waals surface area contributed by atoms with E-state index in [-0.39, 0.29) is 83.0 Å². The summed E-state index contributed by atoms with van der Waals surface area (Å²) in [7, 11) is 0. The summed E-state index contributed by atoms with van der Waals surface area (Å²) in [6.45, 7) is 18.5. The number of hydrogen-bond donors (Lipinski definition) is 0. The van der Waals surface area contributed by atoms with Gasteiger partial charge in [0.25, 0.3) is 0 Å². The van der Waals surface area contributed by atoms with Crippen molar-refractivity contribution in [3.63, 3.8) is 0 Å². The molecule has 4 aromatic heterocycles. The Morgan fingerprint density at radius 1 is 0.589 bits per heavy atom. The Labute approximate surface area is 369 Å². The van der Waals surface area contributed by atoms with Crippen molar-refractivity contribution in [2.75, 3.05) is 6.61 Å². The Hall–Kier alpha value is -2.92. The topological polar surface area (TPSA) is 148 Å². The number of carbonyl (C=O) groups is 2. The van der Waals surface area contributed by atoms with Gasteiger partial charge in [0.2, 0.25) is 0 Å². The van der Waals surface area contributed by atoms with Gasteiger partial charge in [-0.1, -0.05) is 0 Å². The summed E-state index contributed by atoms with van der Waals surface area (Å²) in [6, 6.07) is 13.6. The van der Waals surface area contributed by atoms with Crippen molar-refractivity contribution in [1.82, 2.24) is 19.9 Å². The number of rotatable bonds is 6.